The van der Waals surface area contributed by atoms with E-state index >= 15 is 0 Å². The van der Waals surface area contributed by atoms with Gasteiger partial charge in [-0.05, 0) is 49.7 Å². The van der Waals surface area contributed by atoms with Crippen molar-refractivity contribution in [3.63, 3.8) is 0 Å². The molecule has 2 rings (SSSR count). The van der Waals surface area contributed by atoms with Crippen molar-refractivity contribution in [2.24, 2.45) is 0 Å². The zero-order valence-electron chi connectivity index (χ0n) is 15.2. The summed E-state index contributed by atoms with van der Waals surface area (Å²) < 4.78 is 27.2. The lowest BCUT2D eigenvalue weighted by Gasteiger charge is -2.14. The molecule has 2 amide bonds. The Bertz CT molecular complexity index is 881. The van der Waals surface area contributed by atoms with E-state index in [1.54, 1.807) is 37.3 Å². The van der Waals surface area contributed by atoms with Crippen LogP contribution >= 0.6 is 0 Å². The first kappa shape index (κ1) is 20.4. The summed E-state index contributed by atoms with van der Waals surface area (Å²) in [5, 5.41) is 5.29. The standard InChI is InChI=1S/C19H23N3O4S/c1-3-13-20-18(23)14(2)21-19(24)15-9-11-17(12-10-15)27(25,26)22-16-7-5-4-6-8-16/h4-12,14,22H,3,13H2,1-2H3,(H,20,23)(H,21,24)/t14-/m1/s1. The van der Waals surface area contributed by atoms with Gasteiger partial charge < -0.3 is 10.6 Å². The molecule has 0 aliphatic heterocycles. The van der Waals surface area contributed by atoms with E-state index in [-0.39, 0.29) is 16.4 Å². The van der Waals surface area contributed by atoms with E-state index in [1.807, 2.05) is 6.92 Å². The summed E-state index contributed by atoms with van der Waals surface area (Å²) in [6.07, 6.45) is 0.805. The Hall–Kier alpha value is -2.87. The predicted molar refractivity (Wildman–Crippen MR) is 104 cm³/mol. The number of sulfonamides is 1. The topological polar surface area (TPSA) is 104 Å². The van der Waals surface area contributed by atoms with Crippen LogP contribution in [-0.4, -0.2) is 32.8 Å². The molecule has 0 radical (unpaired) electrons. The van der Waals surface area contributed by atoms with Crippen molar-refractivity contribution < 1.29 is 18.0 Å². The zero-order valence-corrected chi connectivity index (χ0v) is 16.0. The highest BCUT2D eigenvalue weighted by atomic mass is 32.2. The SMILES string of the molecule is CCCNC(=O)[C@@H](C)NC(=O)c1ccc(S(=O)(=O)Nc2ccccc2)cc1. The number of para-hydroxylation sites is 1. The van der Waals surface area contributed by atoms with E-state index < -0.39 is 22.0 Å². The van der Waals surface area contributed by atoms with Gasteiger partial charge >= 0.3 is 0 Å². The Morgan fingerprint density at radius 3 is 2.22 bits per heavy atom. The van der Waals surface area contributed by atoms with Gasteiger partial charge in [0.25, 0.3) is 15.9 Å². The van der Waals surface area contributed by atoms with Crippen LogP contribution in [0, 0.1) is 0 Å². The molecule has 0 saturated heterocycles. The Kier molecular flexibility index (Phi) is 6.95. The van der Waals surface area contributed by atoms with Crippen molar-refractivity contribution in [3.8, 4) is 0 Å². The fourth-order valence-electron chi connectivity index (χ4n) is 2.25. The first-order valence-corrected chi connectivity index (χ1v) is 10.1. The van der Waals surface area contributed by atoms with Crippen molar-refractivity contribution in [2.45, 2.75) is 31.2 Å². The largest absolute Gasteiger partial charge is 0.354 e. The number of nitrogens with one attached hydrogen (secondary N) is 3. The van der Waals surface area contributed by atoms with Crippen molar-refractivity contribution in [1.82, 2.24) is 10.6 Å². The monoisotopic (exact) mass is 389 g/mol. The Morgan fingerprint density at radius 1 is 1.00 bits per heavy atom. The second-order valence-corrected chi connectivity index (χ2v) is 7.66. The molecule has 0 fully saturated rings. The number of rotatable bonds is 8. The van der Waals surface area contributed by atoms with Gasteiger partial charge in [0.1, 0.15) is 6.04 Å². The van der Waals surface area contributed by atoms with Crippen LogP contribution in [0.3, 0.4) is 0 Å². The second kappa shape index (κ2) is 9.18. The molecule has 7 nitrogen and oxygen atoms in total. The van der Waals surface area contributed by atoms with Crippen molar-refractivity contribution >= 4 is 27.5 Å². The van der Waals surface area contributed by atoms with Crippen molar-refractivity contribution in [2.75, 3.05) is 11.3 Å². The molecular weight excluding hydrogens is 366 g/mol. The molecule has 0 aromatic heterocycles. The Balaban J connectivity index is 2.03. The highest BCUT2D eigenvalue weighted by Gasteiger charge is 2.18. The third-order valence-corrected chi connectivity index (χ3v) is 5.14. The van der Waals surface area contributed by atoms with Gasteiger partial charge in [0, 0.05) is 17.8 Å². The van der Waals surface area contributed by atoms with Gasteiger partial charge in [-0.1, -0.05) is 25.1 Å². The van der Waals surface area contributed by atoms with Gasteiger partial charge in [-0.15, -0.1) is 0 Å². The average Bonchev–Trinajstić information content (AvgIpc) is 2.66. The van der Waals surface area contributed by atoms with Crippen LogP contribution < -0.4 is 15.4 Å². The van der Waals surface area contributed by atoms with Crippen molar-refractivity contribution in [3.05, 3.63) is 60.2 Å². The van der Waals surface area contributed by atoms with Gasteiger partial charge in [0.05, 0.1) is 4.90 Å². The summed E-state index contributed by atoms with van der Waals surface area (Å²) in [7, 11) is -3.75. The highest BCUT2D eigenvalue weighted by molar-refractivity contribution is 7.92. The summed E-state index contributed by atoms with van der Waals surface area (Å²) in [5.41, 5.74) is 0.718. The number of benzene rings is 2. The van der Waals surface area contributed by atoms with Gasteiger partial charge in [-0.3, -0.25) is 14.3 Å². The molecule has 3 N–H and O–H groups in total. The van der Waals surface area contributed by atoms with Crippen LogP contribution in [0.25, 0.3) is 0 Å². The first-order valence-electron chi connectivity index (χ1n) is 8.60. The maximum atomic E-state index is 12.4. The van der Waals surface area contributed by atoms with Crippen molar-refractivity contribution in [1.29, 1.82) is 0 Å². The van der Waals surface area contributed by atoms with E-state index in [0.29, 0.717) is 12.2 Å². The molecule has 0 bridgehead atoms. The minimum absolute atomic E-state index is 0.0386. The van der Waals surface area contributed by atoms with Crippen LogP contribution in [-0.2, 0) is 14.8 Å². The predicted octanol–water partition coefficient (Wildman–Crippen LogP) is 2.13. The number of hydrogen-bond donors (Lipinski definition) is 3. The van der Waals surface area contributed by atoms with E-state index in [1.165, 1.54) is 24.3 Å². The Labute approximate surface area is 159 Å². The molecule has 0 aliphatic rings. The van der Waals surface area contributed by atoms with E-state index in [4.69, 9.17) is 0 Å². The lowest BCUT2D eigenvalue weighted by molar-refractivity contribution is -0.122. The summed E-state index contributed by atoms with van der Waals surface area (Å²) in [5.74, 6) is -0.717. The van der Waals surface area contributed by atoms with Crippen LogP contribution in [0.4, 0.5) is 5.69 Å². The lowest BCUT2D eigenvalue weighted by Crippen LogP contribution is -2.45. The fraction of sp³-hybridized carbons (Fsp3) is 0.263. The minimum atomic E-state index is -3.75. The maximum absolute atomic E-state index is 12.4. The molecular formula is C19H23N3O4S. The zero-order chi connectivity index (χ0) is 19.9. The fourth-order valence-corrected chi connectivity index (χ4v) is 3.31. The molecule has 27 heavy (non-hydrogen) atoms. The summed E-state index contributed by atoms with van der Waals surface area (Å²) in [6.45, 7) is 4.07. The van der Waals surface area contributed by atoms with Gasteiger partial charge in [0.15, 0.2) is 0 Å². The molecule has 0 spiro atoms. The average molecular weight is 389 g/mol. The molecule has 0 heterocycles. The normalized spacial score (nSPS) is 12.1. The molecule has 0 unspecified atom stereocenters. The first-order chi connectivity index (χ1) is 12.8. The van der Waals surface area contributed by atoms with Crippen LogP contribution in [0.2, 0.25) is 0 Å². The molecule has 1 atom stereocenters. The molecule has 2 aromatic carbocycles. The molecule has 2 aromatic rings. The van der Waals surface area contributed by atoms with Crippen LogP contribution in [0.1, 0.15) is 30.6 Å². The van der Waals surface area contributed by atoms with E-state index in [2.05, 4.69) is 15.4 Å². The second-order valence-electron chi connectivity index (χ2n) is 5.98. The van der Waals surface area contributed by atoms with Gasteiger partial charge in [0.2, 0.25) is 5.91 Å². The van der Waals surface area contributed by atoms with Crippen LogP contribution in [0.15, 0.2) is 59.5 Å². The summed E-state index contributed by atoms with van der Waals surface area (Å²) in [4.78, 5) is 24.1. The van der Waals surface area contributed by atoms with Gasteiger partial charge in [-0.25, -0.2) is 8.42 Å². The van der Waals surface area contributed by atoms with E-state index in [9.17, 15) is 18.0 Å². The van der Waals surface area contributed by atoms with E-state index in [0.717, 1.165) is 6.42 Å². The summed E-state index contributed by atoms with van der Waals surface area (Å²) in [6, 6.07) is 13.4. The number of amides is 2. The third kappa shape index (κ3) is 5.82. The highest BCUT2D eigenvalue weighted by Crippen LogP contribution is 2.16. The third-order valence-electron chi connectivity index (χ3n) is 3.74. The number of anilines is 1. The number of hydrogen-bond acceptors (Lipinski definition) is 4. The smallest absolute Gasteiger partial charge is 0.261 e. The van der Waals surface area contributed by atoms with Gasteiger partial charge in [-0.2, -0.15) is 0 Å². The minimum Gasteiger partial charge on any atom is -0.354 e. The van der Waals surface area contributed by atoms with Crippen LogP contribution in [0.5, 0.6) is 0 Å². The summed E-state index contributed by atoms with van der Waals surface area (Å²) >= 11 is 0. The molecule has 8 heteroatoms. The lowest BCUT2D eigenvalue weighted by atomic mass is 10.2. The molecule has 144 valence electrons. The molecule has 0 saturated carbocycles. The quantitative estimate of drug-likeness (QED) is 0.643. The Morgan fingerprint density at radius 2 is 1.63 bits per heavy atom. The molecule has 0 aliphatic carbocycles. The number of carbonyl (C=O) groups is 2. The maximum Gasteiger partial charge on any atom is 0.261 e. The number of carbonyl (C=O) groups excluding carboxylic acids is 2.